The molecule has 1 unspecified atom stereocenters. The van der Waals surface area contributed by atoms with Crippen LogP contribution < -0.4 is 24.6 Å². The van der Waals surface area contributed by atoms with E-state index in [0.717, 1.165) is 66.7 Å². The van der Waals surface area contributed by atoms with Crippen molar-refractivity contribution in [3.05, 3.63) is 82.4 Å². The first-order valence-electron chi connectivity index (χ1n) is 17.1. The third-order valence-corrected chi connectivity index (χ3v) is 9.84. The van der Waals surface area contributed by atoms with Crippen molar-refractivity contribution in [2.45, 2.75) is 90.8 Å². The van der Waals surface area contributed by atoms with Gasteiger partial charge in [0.15, 0.2) is 11.5 Å². The van der Waals surface area contributed by atoms with Crippen LogP contribution in [-0.4, -0.2) is 44.7 Å². The lowest BCUT2D eigenvalue weighted by Crippen LogP contribution is -2.41. The third-order valence-electron chi connectivity index (χ3n) is 9.58. The second-order valence-electron chi connectivity index (χ2n) is 13.7. The molecule has 1 aliphatic carbocycles. The van der Waals surface area contributed by atoms with Crippen LogP contribution in [0.5, 0.6) is 11.5 Å². The Morgan fingerprint density at radius 3 is 2.30 bits per heavy atom. The zero-order chi connectivity index (χ0) is 33.7. The first kappa shape index (κ1) is 34.6. The molecule has 2 aliphatic rings. The van der Waals surface area contributed by atoms with Gasteiger partial charge in [-0.15, -0.1) is 0 Å². The van der Waals surface area contributed by atoms with Crippen molar-refractivity contribution in [2.75, 3.05) is 30.5 Å². The number of amides is 2. The van der Waals surface area contributed by atoms with Gasteiger partial charge in [-0.1, -0.05) is 44.5 Å². The van der Waals surface area contributed by atoms with Crippen LogP contribution in [0.15, 0.2) is 60.7 Å². The van der Waals surface area contributed by atoms with Gasteiger partial charge in [-0.3, -0.25) is 9.59 Å². The number of carbonyl (C=O) groups is 2. The van der Waals surface area contributed by atoms with E-state index in [-0.39, 0.29) is 30.4 Å². The monoisotopic (exact) mass is 659 g/mol. The highest BCUT2D eigenvalue weighted by molar-refractivity contribution is 6.30. The Morgan fingerprint density at radius 2 is 1.68 bits per heavy atom. The van der Waals surface area contributed by atoms with Crippen LogP contribution in [0.3, 0.4) is 0 Å². The molecule has 0 spiro atoms. The fourth-order valence-electron chi connectivity index (χ4n) is 6.88. The van der Waals surface area contributed by atoms with E-state index in [1.807, 2.05) is 48.2 Å². The Hall–Kier alpha value is -3.71. The standard InChI is InChI=1S/C39H50ClN3O4/c1-7-26(4)47-36-23-34-29(21-35(36)46-6)22-38(45)43(39(34)28-10-12-30(40)13-11-28)33-18-16-32(17-19-33)42(5)24-27-8-14-31(15-9-27)41-37(44)20-25(2)3/h10-13,16-19,21,23,25-27,31,39H,7-9,14-15,20,22,24H2,1-6H3,(H,41,44)/t26-,27?,31?,39?/m1/s1. The van der Waals surface area contributed by atoms with Crippen LogP contribution in [-0.2, 0) is 16.0 Å². The highest BCUT2D eigenvalue weighted by Gasteiger charge is 2.36. The lowest BCUT2D eigenvalue weighted by molar-refractivity contribution is -0.122. The van der Waals surface area contributed by atoms with Crippen molar-refractivity contribution in [1.82, 2.24) is 5.32 Å². The molecule has 1 fully saturated rings. The number of hydrogen-bond acceptors (Lipinski definition) is 5. The number of carbonyl (C=O) groups excluding carboxylic acids is 2. The molecule has 0 bridgehead atoms. The summed E-state index contributed by atoms with van der Waals surface area (Å²) in [4.78, 5) is 30.4. The summed E-state index contributed by atoms with van der Waals surface area (Å²) in [5, 5.41) is 3.88. The van der Waals surface area contributed by atoms with Crippen LogP contribution in [0.1, 0.15) is 89.0 Å². The summed E-state index contributed by atoms with van der Waals surface area (Å²) in [5.41, 5.74) is 4.88. The molecular weight excluding hydrogens is 610 g/mol. The SMILES string of the molecule is CC[C@@H](C)Oc1cc2c(cc1OC)CC(=O)N(c1ccc(N(C)CC3CCC(NC(=O)CC(C)C)CC3)cc1)C2c1ccc(Cl)cc1. The van der Waals surface area contributed by atoms with Crippen LogP contribution in [0.4, 0.5) is 11.4 Å². The number of ether oxygens (including phenoxy) is 2. The summed E-state index contributed by atoms with van der Waals surface area (Å²) in [5.74, 6) is 2.47. The molecule has 0 saturated heterocycles. The molecule has 0 aromatic heterocycles. The third kappa shape index (κ3) is 8.42. The fourth-order valence-corrected chi connectivity index (χ4v) is 7.01. The Bertz CT molecular complexity index is 1520. The molecule has 5 rings (SSSR count). The maximum Gasteiger partial charge on any atom is 0.232 e. The predicted octanol–water partition coefficient (Wildman–Crippen LogP) is 8.36. The molecule has 1 heterocycles. The van der Waals surface area contributed by atoms with E-state index in [9.17, 15) is 9.59 Å². The van der Waals surface area contributed by atoms with Gasteiger partial charge in [-0.05, 0) is 116 Å². The molecular formula is C39H50ClN3O4. The zero-order valence-electron chi connectivity index (χ0n) is 28.7. The van der Waals surface area contributed by atoms with Crippen LogP contribution in [0, 0.1) is 11.8 Å². The van der Waals surface area contributed by atoms with Crippen molar-refractivity contribution < 1.29 is 19.1 Å². The van der Waals surface area contributed by atoms with Gasteiger partial charge < -0.3 is 24.6 Å². The molecule has 3 aromatic rings. The fraction of sp³-hybridized carbons (Fsp3) is 0.487. The Balaban J connectivity index is 1.35. The zero-order valence-corrected chi connectivity index (χ0v) is 29.5. The molecule has 2 amide bonds. The van der Waals surface area contributed by atoms with Gasteiger partial charge in [-0.2, -0.15) is 0 Å². The van der Waals surface area contributed by atoms with Crippen molar-refractivity contribution in [1.29, 1.82) is 0 Å². The van der Waals surface area contributed by atoms with Crippen molar-refractivity contribution >= 4 is 34.8 Å². The van der Waals surface area contributed by atoms with Gasteiger partial charge in [0.1, 0.15) is 0 Å². The summed E-state index contributed by atoms with van der Waals surface area (Å²) in [6, 6.07) is 20.0. The molecule has 8 heteroatoms. The minimum absolute atomic E-state index is 0.0208. The molecule has 0 radical (unpaired) electrons. The quantitative estimate of drug-likeness (QED) is 0.212. The average molecular weight is 660 g/mol. The number of hydrogen-bond donors (Lipinski definition) is 1. The number of nitrogens with one attached hydrogen (secondary N) is 1. The van der Waals surface area contributed by atoms with E-state index < -0.39 is 0 Å². The summed E-state index contributed by atoms with van der Waals surface area (Å²) in [6.45, 7) is 9.25. The topological polar surface area (TPSA) is 71.1 Å². The first-order chi connectivity index (χ1) is 22.6. The lowest BCUT2D eigenvalue weighted by atomic mass is 9.85. The van der Waals surface area contributed by atoms with E-state index in [0.29, 0.717) is 40.8 Å². The number of nitrogens with zero attached hydrogens (tertiary/aromatic N) is 2. The highest BCUT2D eigenvalue weighted by Crippen LogP contribution is 2.44. The summed E-state index contributed by atoms with van der Waals surface area (Å²) < 4.78 is 12.0. The second-order valence-corrected chi connectivity index (χ2v) is 14.1. The number of methoxy groups -OCH3 is 1. The van der Waals surface area contributed by atoms with Crippen molar-refractivity contribution in [3.8, 4) is 11.5 Å². The highest BCUT2D eigenvalue weighted by atomic mass is 35.5. The molecule has 2 atom stereocenters. The summed E-state index contributed by atoms with van der Waals surface area (Å²) >= 11 is 6.29. The van der Waals surface area contributed by atoms with E-state index in [1.54, 1.807) is 7.11 Å². The molecule has 1 saturated carbocycles. The molecule has 7 nitrogen and oxygen atoms in total. The second kappa shape index (κ2) is 15.5. The number of rotatable bonds is 12. The van der Waals surface area contributed by atoms with Crippen LogP contribution in [0.2, 0.25) is 5.02 Å². The van der Waals surface area contributed by atoms with Crippen molar-refractivity contribution in [2.24, 2.45) is 11.8 Å². The summed E-state index contributed by atoms with van der Waals surface area (Å²) in [6.07, 6.45) is 6.01. The molecule has 3 aromatic carbocycles. The van der Waals surface area contributed by atoms with Gasteiger partial charge in [0.25, 0.3) is 0 Å². The minimum atomic E-state index is -0.353. The molecule has 47 heavy (non-hydrogen) atoms. The van der Waals surface area contributed by atoms with E-state index in [1.165, 1.54) is 0 Å². The molecule has 1 aliphatic heterocycles. The Morgan fingerprint density at radius 1 is 1.00 bits per heavy atom. The normalized spacial score (nSPS) is 20.0. The van der Waals surface area contributed by atoms with Gasteiger partial charge in [-0.25, -0.2) is 0 Å². The van der Waals surface area contributed by atoms with Crippen LogP contribution in [0.25, 0.3) is 0 Å². The van der Waals surface area contributed by atoms with Crippen molar-refractivity contribution in [3.63, 3.8) is 0 Å². The number of halogens is 1. The Kier molecular flexibility index (Phi) is 11.4. The lowest BCUT2D eigenvalue weighted by Gasteiger charge is -2.38. The van der Waals surface area contributed by atoms with Gasteiger partial charge in [0.2, 0.25) is 11.8 Å². The summed E-state index contributed by atoms with van der Waals surface area (Å²) in [7, 11) is 3.77. The smallest absolute Gasteiger partial charge is 0.232 e. The maximum atomic E-state index is 13.9. The predicted molar refractivity (Wildman–Crippen MR) is 191 cm³/mol. The number of benzene rings is 3. The average Bonchev–Trinajstić information content (AvgIpc) is 3.05. The molecule has 1 N–H and O–H groups in total. The van der Waals surface area contributed by atoms with E-state index in [2.05, 4.69) is 62.3 Å². The van der Waals surface area contributed by atoms with E-state index >= 15 is 0 Å². The van der Waals surface area contributed by atoms with E-state index in [4.69, 9.17) is 21.1 Å². The van der Waals surface area contributed by atoms with Gasteiger partial charge in [0, 0.05) is 42.5 Å². The van der Waals surface area contributed by atoms with Crippen LogP contribution >= 0.6 is 11.6 Å². The number of fused-ring (bicyclic) bond motifs is 1. The number of anilines is 2. The molecule has 252 valence electrons. The minimum Gasteiger partial charge on any atom is -0.493 e. The van der Waals surface area contributed by atoms with Gasteiger partial charge >= 0.3 is 0 Å². The Labute approximate surface area is 285 Å². The maximum absolute atomic E-state index is 13.9. The first-order valence-corrected chi connectivity index (χ1v) is 17.5. The van der Waals surface area contributed by atoms with Gasteiger partial charge in [0.05, 0.1) is 25.7 Å². The largest absolute Gasteiger partial charge is 0.493 e.